The van der Waals surface area contributed by atoms with Gasteiger partial charge in [0.2, 0.25) is 6.29 Å². The van der Waals surface area contributed by atoms with E-state index < -0.39 is 12.4 Å². The summed E-state index contributed by atoms with van der Waals surface area (Å²) >= 11 is 0. The van der Waals surface area contributed by atoms with Crippen LogP contribution in [0, 0.1) is 5.92 Å². The van der Waals surface area contributed by atoms with E-state index in [0.717, 1.165) is 12.8 Å². The van der Waals surface area contributed by atoms with E-state index in [1.807, 2.05) is 6.92 Å². The van der Waals surface area contributed by atoms with Crippen LogP contribution in [0.4, 0.5) is 4.79 Å². The average Bonchev–Trinajstić information content (AvgIpc) is 2.14. The molecule has 0 radical (unpaired) electrons. The SMILES string of the molecule is CCCC(C)C(OC)OC(=O)OC. The van der Waals surface area contributed by atoms with E-state index in [4.69, 9.17) is 9.47 Å². The summed E-state index contributed by atoms with van der Waals surface area (Å²) in [6.07, 6.45) is 0.781. The van der Waals surface area contributed by atoms with Gasteiger partial charge in [-0.2, -0.15) is 0 Å². The second-order valence-corrected chi connectivity index (χ2v) is 2.94. The fourth-order valence-corrected chi connectivity index (χ4v) is 1.13. The molecule has 0 rings (SSSR count). The van der Waals surface area contributed by atoms with Crippen molar-refractivity contribution < 1.29 is 19.0 Å². The molecule has 78 valence electrons. The molecule has 2 unspecified atom stereocenters. The van der Waals surface area contributed by atoms with Crippen molar-refractivity contribution >= 4 is 6.16 Å². The highest BCUT2D eigenvalue weighted by molar-refractivity contribution is 5.59. The zero-order valence-electron chi connectivity index (χ0n) is 8.70. The molecule has 0 fully saturated rings. The van der Waals surface area contributed by atoms with Gasteiger partial charge in [-0.15, -0.1) is 0 Å². The van der Waals surface area contributed by atoms with Gasteiger partial charge >= 0.3 is 6.16 Å². The maximum Gasteiger partial charge on any atom is 0.510 e. The summed E-state index contributed by atoms with van der Waals surface area (Å²) in [4.78, 5) is 10.8. The molecule has 0 N–H and O–H groups in total. The van der Waals surface area contributed by atoms with Gasteiger partial charge in [0.1, 0.15) is 0 Å². The van der Waals surface area contributed by atoms with Crippen LogP contribution in [0.15, 0.2) is 0 Å². The molecule has 0 bridgehead atoms. The van der Waals surface area contributed by atoms with Crippen molar-refractivity contribution in [3.8, 4) is 0 Å². The van der Waals surface area contributed by atoms with Gasteiger partial charge < -0.3 is 14.2 Å². The normalized spacial score (nSPS) is 14.8. The van der Waals surface area contributed by atoms with Crippen molar-refractivity contribution in [3.63, 3.8) is 0 Å². The van der Waals surface area contributed by atoms with Gasteiger partial charge in [-0.05, 0) is 6.42 Å². The number of hydrogen-bond donors (Lipinski definition) is 0. The molecule has 0 aliphatic rings. The predicted octanol–water partition coefficient (Wildman–Crippen LogP) is 2.18. The van der Waals surface area contributed by atoms with E-state index in [0.29, 0.717) is 0 Å². The minimum atomic E-state index is -0.699. The van der Waals surface area contributed by atoms with Crippen LogP contribution in [0.2, 0.25) is 0 Å². The molecule has 0 spiro atoms. The molecule has 0 aromatic carbocycles. The summed E-state index contributed by atoms with van der Waals surface area (Å²) in [6, 6.07) is 0. The molecule has 0 heterocycles. The predicted molar refractivity (Wildman–Crippen MR) is 48.4 cm³/mol. The smallest absolute Gasteiger partial charge is 0.438 e. The Morgan fingerprint density at radius 1 is 1.38 bits per heavy atom. The van der Waals surface area contributed by atoms with Gasteiger partial charge in [-0.25, -0.2) is 4.79 Å². The van der Waals surface area contributed by atoms with Gasteiger partial charge in [-0.3, -0.25) is 0 Å². The quantitative estimate of drug-likeness (QED) is 0.492. The molecule has 0 saturated carbocycles. The van der Waals surface area contributed by atoms with E-state index >= 15 is 0 Å². The third-order valence-corrected chi connectivity index (χ3v) is 1.82. The molecule has 4 heteroatoms. The standard InChI is InChI=1S/C9H18O4/c1-5-6-7(2)8(11-3)13-9(10)12-4/h7-8H,5-6H2,1-4H3. The summed E-state index contributed by atoms with van der Waals surface area (Å²) < 4.78 is 14.3. The Morgan fingerprint density at radius 2 is 2.00 bits per heavy atom. The summed E-state index contributed by atoms with van der Waals surface area (Å²) in [5.41, 5.74) is 0. The number of ether oxygens (including phenoxy) is 3. The zero-order chi connectivity index (χ0) is 10.3. The third-order valence-electron chi connectivity index (χ3n) is 1.82. The summed E-state index contributed by atoms with van der Waals surface area (Å²) in [6.45, 7) is 4.04. The maximum atomic E-state index is 10.8. The molecular formula is C9H18O4. The minimum Gasteiger partial charge on any atom is -0.438 e. The van der Waals surface area contributed by atoms with E-state index in [1.54, 1.807) is 0 Å². The summed E-state index contributed by atoms with van der Waals surface area (Å²) in [5.74, 6) is 0.189. The van der Waals surface area contributed by atoms with Gasteiger partial charge in [0.05, 0.1) is 7.11 Å². The first kappa shape index (κ1) is 12.2. The maximum absolute atomic E-state index is 10.8. The lowest BCUT2D eigenvalue weighted by Gasteiger charge is -2.21. The Labute approximate surface area is 79.2 Å². The van der Waals surface area contributed by atoms with E-state index in [9.17, 15) is 4.79 Å². The largest absolute Gasteiger partial charge is 0.510 e. The molecule has 0 amide bonds. The van der Waals surface area contributed by atoms with Crippen LogP contribution in [0.25, 0.3) is 0 Å². The number of carbonyl (C=O) groups is 1. The van der Waals surface area contributed by atoms with Gasteiger partial charge in [-0.1, -0.05) is 20.3 Å². The van der Waals surface area contributed by atoms with Crippen molar-refractivity contribution in [1.82, 2.24) is 0 Å². The third kappa shape index (κ3) is 4.72. The van der Waals surface area contributed by atoms with E-state index in [1.165, 1.54) is 14.2 Å². The average molecular weight is 190 g/mol. The Kier molecular flexibility index (Phi) is 6.32. The molecule has 13 heavy (non-hydrogen) atoms. The molecule has 0 aliphatic carbocycles. The van der Waals surface area contributed by atoms with Crippen molar-refractivity contribution in [2.45, 2.75) is 33.0 Å². The topological polar surface area (TPSA) is 44.8 Å². The van der Waals surface area contributed by atoms with Crippen molar-refractivity contribution in [1.29, 1.82) is 0 Å². The molecule has 0 aromatic rings. The highest BCUT2D eigenvalue weighted by Crippen LogP contribution is 2.14. The van der Waals surface area contributed by atoms with Crippen molar-refractivity contribution in [2.24, 2.45) is 5.92 Å². The molecule has 0 aliphatic heterocycles. The van der Waals surface area contributed by atoms with Crippen LogP contribution in [0.1, 0.15) is 26.7 Å². The molecule has 2 atom stereocenters. The van der Waals surface area contributed by atoms with Crippen LogP contribution in [-0.2, 0) is 14.2 Å². The fourth-order valence-electron chi connectivity index (χ4n) is 1.13. The highest BCUT2D eigenvalue weighted by Gasteiger charge is 2.20. The summed E-state index contributed by atoms with van der Waals surface area (Å²) in [5, 5.41) is 0. The number of methoxy groups -OCH3 is 2. The minimum absolute atomic E-state index is 0.189. The first-order valence-electron chi connectivity index (χ1n) is 4.43. The Bertz CT molecular complexity index is 147. The van der Waals surface area contributed by atoms with Crippen LogP contribution < -0.4 is 0 Å². The molecule has 0 saturated heterocycles. The second kappa shape index (κ2) is 6.71. The molecular weight excluding hydrogens is 172 g/mol. The fraction of sp³-hybridized carbons (Fsp3) is 0.889. The van der Waals surface area contributed by atoms with Gasteiger partial charge in [0, 0.05) is 13.0 Å². The van der Waals surface area contributed by atoms with Crippen LogP contribution in [0.5, 0.6) is 0 Å². The highest BCUT2D eigenvalue weighted by atomic mass is 16.8. The van der Waals surface area contributed by atoms with E-state index in [-0.39, 0.29) is 5.92 Å². The number of hydrogen-bond acceptors (Lipinski definition) is 4. The lowest BCUT2D eigenvalue weighted by molar-refractivity contribution is -0.129. The first-order valence-corrected chi connectivity index (χ1v) is 4.43. The lowest BCUT2D eigenvalue weighted by atomic mass is 10.1. The number of rotatable bonds is 5. The van der Waals surface area contributed by atoms with Crippen molar-refractivity contribution in [2.75, 3.05) is 14.2 Å². The first-order chi connectivity index (χ1) is 6.15. The summed E-state index contributed by atoms with van der Waals surface area (Å²) in [7, 11) is 2.79. The van der Waals surface area contributed by atoms with E-state index in [2.05, 4.69) is 11.7 Å². The van der Waals surface area contributed by atoms with Crippen LogP contribution in [-0.4, -0.2) is 26.7 Å². The monoisotopic (exact) mass is 190 g/mol. The Morgan fingerprint density at radius 3 is 2.38 bits per heavy atom. The van der Waals surface area contributed by atoms with Crippen LogP contribution >= 0.6 is 0 Å². The van der Waals surface area contributed by atoms with Gasteiger partial charge in [0.15, 0.2) is 0 Å². The van der Waals surface area contributed by atoms with Gasteiger partial charge in [0.25, 0.3) is 0 Å². The Hall–Kier alpha value is -0.770. The Balaban J connectivity index is 3.93. The molecule has 4 nitrogen and oxygen atoms in total. The lowest BCUT2D eigenvalue weighted by Crippen LogP contribution is -2.27. The van der Waals surface area contributed by atoms with Crippen molar-refractivity contribution in [3.05, 3.63) is 0 Å². The number of carbonyl (C=O) groups excluding carboxylic acids is 1. The van der Waals surface area contributed by atoms with Crippen LogP contribution in [0.3, 0.4) is 0 Å². The molecule has 0 aromatic heterocycles. The zero-order valence-corrected chi connectivity index (χ0v) is 8.70. The second-order valence-electron chi connectivity index (χ2n) is 2.94.